The Labute approximate surface area is 169 Å². The molecule has 1 atom stereocenters. The van der Waals surface area contributed by atoms with Crippen molar-refractivity contribution in [1.29, 1.82) is 0 Å². The van der Waals surface area contributed by atoms with Gasteiger partial charge in [0.2, 0.25) is 11.1 Å². The lowest BCUT2D eigenvalue weighted by atomic mass is 9.99. The zero-order chi connectivity index (χ0) is 19.8. The van der Waals surface area contributed by atoms with E-state index in [2.05, 4.69) is 46.8 Å². The smallest absolute Gasteiger partial charge is 0.230 e. The van der Waals surface area contributed by atoms with Crippen LogP contribution in [0.2, 0.25) is 0 Å². The molecule has 0 aliphatic heterocycles. The highest BCUT2D eigenvalue weighted by Crippen LogP contribution is 2.20. The maximum atomic E-state index is 12.6. The summed E-state index contributed by atoms with van der Waals surface area (Å²) < 4.78 is 1.75. The summed E-state index contributed by atoms with van der Waals surface area (Å²) in [7, 11) is 0. The van der Waals surface area contributed by atoms with Gasteiger partial charge in [-0.15, -0.1) is 5.10 Å². The highest BCUT2D eigenvalue weighted by atomic mass is 32.2. The molecule has 1 unspecified atom stereocenters. The summed E-state index contributed by atoms with van der Waals surface area (Å²) in [4.78, 5) is 12.6. The second kappa shape index (κ2) is 10.0. The molecule has 0 fully saturated rings. The SMILES string of the molecule is CC(C)Cn1nnnc1SCC(=O)NC(Cc1ccccc1)c1ccccc1. The largest absolute Gasteiger partial charge is 0.348 e. The molecule has 146 valence electrons. The molecule has 1 amide bonds. The number of carbonyl (C=O) groups is 1. The van der Waals surface area contributed by atoms with E-state index in [9.17, 15) is 4.79 Å². The third kappa shape index (κ3) is 5.92. The second-order valence-corrected chi connectivity index (χ2v) is 7.99. The molecule has 1 N–H and O–H groups in total. The van der Waals surface area contributed by atoms with E-state index >= 15 is 0 Å². The minimum Gasteiger partial charge on any atom is -0.348 e. The predicted octanol–water partition coefficient (Wildman–Crippen LogP) is 3.52. The first-order valence-electron chi connectivity index (χ1n) is 9.39. The van der Waals surface area contributed by atoms with Crippen molar-refractivity contribution in [2.45, 2.75) is 38.0 Å². The van der Waals surface area contributed by atoms with E-state index in [1.165, 1.54) is 17.3 Å². The summed E-state index contributed by atoms with van der Waals surface area (Å²) in [5, 5.41) is 15.6. The number of thioether (sulfide) groups is 1. The Balaban J connectivity index is 1.64. The maximum absolute atomic E-state index is 12.6. The van der Waals surface area contributed by atoms with Gasteiger partial charge in [-0.2, -0.15) is 0 Å². The Morgan fingerprint density at radius 1 is 1.07 bits per heavy atom. The molecule has 7 heteroatoms. The zero-order valence-electron chi connectivity index (χ0n) is 16.2. The van der Waals surface area contributed by atoms with Gasteiger partial charge in [-0.05, 0) is 33.9 Å². The minimum atomic E-state index is -0.0802. The second-order valence-electron chi connectivity index (χ2n) is 7.05. The molecule has 2 aromatic carbocycles. The number of rotatable bonds is 9. The van der Waals surface area contributed by atoms with Crippen molar-refractivity contribution in [2.24, 2.45) is 5.92 Å². The first kappa shape index (κ1) is 20.1. The summed E-state index contributed by atoms with van der Waals surface area (Å²) >= 11 is 1.36. The zero-order valence-corrected chi connectivity index (χ0v) is 17.0. The molecule has 0 saturated heterocycles. The maximum Gasteiger partial charge on any atom is 0.230 e. The molecule has 28 heavy (non-hydrogen) atoms. The number of benzene rings is 2. The number of amides is 1. The fraction of sp³-hybridized carbons (Fsp3) is 0.333. The molecule has 0 spiro atoms. The van der Waals surface area contributed by atoms with Gasteiger partial charge in [-0.1, -0.05) is 86.3 Å². The van der Waals surface area contributed by atoms with Crippen LogP contribution in [-0.4, -0.2) is 31.9 Å². The fourth-order valence-electron chi connectivity index (χ4n) is 2.91. The Hall–Kier alpha value is -2.67. The average Bonchev–Trinajstić information content (AvgIpc) is 3.13. The van der Waals surface area contributed by atoms with Crippen molar-refractivity contribution in [1.82, 2.24) is 25.5 Å². The number of nitrogens with zero attached hydrogens (tertiary/aromatic N) is 4. The van der Waals surface area contributed by atoms with Crippen molar-refractivity contribution in [3.05, 3.63) is 71.8 Å². The number of nitrogens with one attached hydrogen (secondary N) is 1. The Kier molecular flexibility index (Phi) is 7.19. The minimum absolute atomic E-state index is 0.0334. The van der Waals surface area contributed by atoms with Gasteiger partial charge in [0.15, 0.2) is 0 Å². The lowest BCUT2D eigenvalue weighted by Crippen LogP contribution is -2.31. The highest BCUT2D eigenvalue weighted by Gasteiger charge is 2.17. The summed E-state index contributed by atoms with van der Waals surface area (Å²) in [6.07, 6.45) is 0.742. The molecular formula is C21H25N5OS. The molecule has 3 rings (SSSR count). The molecule has 0 bridgehead atoms. The van der Waals surface area contributed by atoms with Crippen LogP contribution in [0.1, 0.15) is 31.0 Å². The van der Waals surface area contributed by atoms with Crippen LogP contribution in [0.5, 0.6) is 0 Å². The van der Waals surface area contributed by atoms with Crippen LogP contribution in [0, 0.1) is 5.92 Å². The predicted molar refractivity (Wildman–Crippen MR) is 111 cm³/mol. The van der Waals surface area contributed by atoms with Gasteiger partial charge >= 0.3 is 0 Å². The molecule has 0 aliphatic rings. The number of carbonyl (C=O) groups excluding carboxylic acids is 1. The molecule has 3 aromatic rings. The van der Waals surface area contributed by atoms with Gasteiger partial charge in [0.1, 0.15) is 0 Å². The summed E-state index contributed by atoms with van der Waals surface area (Å²) in [6.45, 7) is 4.95. The standard InChI is InChI=1S/C21H25N5OS/c1-16(2)14-26-21(23-24-25-26)28-15-20(27)22-19(18-11-7-4-8-12-18)13-17-9-5-3-6-10-17/h3-12,16,19H,13-15H2,1-2H3,(H,22,27). The number of tetrazole rings is 1. The van der Waals surface area contributed by atoms with Crippen LogP contribution in [0.4, 0.5) is 0 Å². The first-order valence-corrected chi connectivity index (χ1v) is 10.4. The van der Waals surface area contributed by atoms with Crippen molar-refractivity contribution >= 4 is 17.7 Å². The fourth-order valence-corrected chi connectivity index (χ4v) is 3.61. The molecule has 0 aliphatic carbocycles. The molecule has 1 heterocycles. The molecule has 6 nitrogen and oxygen atoms in total. The third-order valence-electron chi connectivity index (χ3n) is 4.19. The molecule has 0 saturated carbocycles. The van der Waals surface area contributed by atoms with Crippen molar-refractivity contribution in [3.63, 3.8) is 0 Å². The van der Waals surface area contributed by atoms with E-state index in [4.69, 9.17) is 0 Å². The average molecular weight is 396 g/mol. The van der Waals surface area contributed by atoms with Gasteiger partial charge in [0.25, 0.3) is 0 Å². The van der Waals surface area contributed by atoms with Gasteiger partial charge < -0.3 is 5.32 Å². The highest BCUT2D eigenvalue weighted by molar-refractivity contribution is 7.99. The van der Waals surface area contributed by atoms with E-state index in [1.807, 2.05) is 48.5 Å². The summed E-state index contributed by atoms with van der Waals surface area (Å²) in [6, 6.07) is 20.2. The Morgan fingerprint density at radius 2 is 1.75 bits per heavy atom. The quantitative estimate of drug-likeness (QED) is 0.561. The van der Waals surface area contributed by atoms with Gasteiger partial charge in [-0.25, -0.2) is 4.68 Å². The summed E-state index contributed by atoms with van der Waals surface area (Å²) in [5.41, 5.74) is 2.28. The molecular weight excluding hydrogens is 370 g/mol. The monoisotopic (exact) mass is 395 g/mol. The van der Waals surface area contributed by atoms with E-state index in [0.717, 1.165) is 18.5 Å². The van der Waals surface area contributed by atoms with Crippen molar-refractivity contribution in [2.75, 3.05) is 5.75 Å². The molecule has 1 aromatic heterocycles. The first-order chi connectivity index (χ1) is 13.6. The lowest BCUT2D eigenvalue weighted by Gasteiger charge is -2.19. The van der Waals surface area contributed by atoms with Crippen LogP contribution < -0.4 is 5.32 Å². The number of hydrogen-bond acceptors (Lipinski definition) is 5. The van der Waals surface area contributed by atoms with Crippen molar-refractivity contribution in [3.8, 4) is 0 Å². The topological polar surface area (TPSA) is 72.7 Å². The summed E-state index contributed by atoms with van der Waals surface area (Å²) in [5.74, 6) is 0.676. The Bertz CT molecular complexity index is 867. The Morgan fingerprint density at radius 3 is 2.43 bits per heavy atom. The van der Waals surface area contributed by atoms with Gasteiger partial charge in [0, 0.05) is 6.54 Å². The number of aromatic nitrogens is 4. The lowest BCUT2D eigenvalue weighted by molar-refractivity contribution is -0.119. The normalized spacial score (nSPS) is 12.1. The van der Waals surface area contributed by atoms with Crippen LogP contribution in [0.25, 0.3) is 0 Å². The van der Waals surface area contributed by atoms with E-state index < -0.39 is 0 Å². The van der Waals surface area contributed by atoms with Crippen LogP contribution in [0.15, 0.2) is 65.8 Å². The van der Waals surface area contributed by atoms with Crippen molar-refractivity contribution < 1.29 is 4.79 Å². The third-order valence-corrected chi connectivity index (χ3v) is 5.15. The van der Waals surface area contributed by atoms with Crippen LogP contribution >= 0.6 is 11.8 Å². The van der Waals surface area contributed by atoms with E-state index in [1.54, 1.807) is 4.68 Å². The van der Waals surface area contributed by atoms with Gasteiger partial charge in [0.05, 0.1) is 11.8 Å². The van der Waals surface area contributed by atoms with E-state index in [-0.39, 0.29) is 17.7 Å². The molecule has 0 radical (unpaired) electrons. The van der Waals surface area contributed by atoms with Crippen LogP contribution in [-0.2, 0) is 17.8 Å². The van der Waals surface area contributed by atoms with Gasteiger partial charge in [-0.3, -0.25) is 4.79 Å². The van der Waals surface area contributed by atoms with E-state index in [0.29, 0.717) is 11.1 Å². The number of hydrogen-bond donors (Lipinski definition) is 1. The van der Waals surface area contributed by atoms with Crippen LogP contribution in [0.3, 0.4) is 0 Å².